The van der Waals surface area contributed by atoms with Gasteiger partial charge in [-0.3, -0.25) is 14.4 Å². The van der Waals surface area contributed by atoms with Crippen LogP contribution in [-0.2, 0) is 9.59 Å². The zero-order valence-corrected chi connectivity index (χ0v) is 11.2. The summed E-state index contributed by atoms with van der Waals surface area (Å²) in [5.41, 5.74) is 0.962. The first-order chi connectivity index (χ1) is 10.0. The van der Waals surface area contributed by atoms with E-state index < -0.39 is 11.9 Å². The molecule has 7 heteroatoms. The number of anilines is 1. The summed E-state index contributed by atoms with van der Waals surface area (Å²) in [6, 6.07) is 4.79. The number of aliphatic carboxylic acids is 1. The van der Waals surface area contributed by atoms with Gasteiger partial charge in [-0.1, -0.05) is 0 Å². The minimum atomic E-state index is -0.873. The lowest BCUT2D eigenvalue weighted by Crippen LogP contribution is -2.30. The van der Waals surface area contributed by atoms with Crippen molar-refractivity contribution in [2.24, 2.45) is 5.92 Å². The van der Waals surface area contributed by atoms with Crippen LogP contribution in [0.25, 0.3) is 0 Å². The molecule has 0 saturated carbocycles. The molecule has 0 aromatic heterocycles. The number of likely N-dealkylation sites (tertiary alicyclic amines) is 1. The standard InChI is InChI=1S/C14H14N2O5/c17-12-7-21-11-5-8(1-2-10(11)15-12)13(18)16-4-3-9(6-16)14(19)20/h1-2,5,9H,3-4,6-7H2,(H,15,17)(H,19,20). The summed E-state index contributed by atoms with van der Waals surface area (Å²) in [7, 11) is 0. The molecule has 0 spiro atoms. The minimum absolute atomic E-state index is 0.0740. The average molecular weight is 290 g/mol. The van der Waals surface area contributed by atoms with Crippen molar-refractivity contribution in [2.75, 3.05) is 25.0 Å². The van der Waals surface area contributed by atoms with Crippen molar-refractivity contribution in [3.63, 3.8) is 0 Å². The normalized spacial score (nSPS) is 20.5. The average Bonchev–Trinajstić information content (AvgIpc) is 2.96. The van der Waals surface area contributed by atoms with Crippen LogP contribution in [0, 0.1) is 5.92 Å². The van der Waals surface area contributed by atoms with E-state index in [0.717, 1.165) is 0 Å². The molecule has 21 heavy (non-hydrogen) atoms. The number of carboxylic acids is 1. The molecular formula is C14H14N2O5. The van der Waals surface area contributed by atoms with Crippen LogP contribution < -0.4 is 10.1 Å². The molecule has 2 aliphatic rings. The second kappa shape index (κ2) is 5.08. The molecule has 0 bridgehead atoms. The number of hydrogen-bond donors (Lipinski definition) is 2. The fourth-order valence-electron chi connectivity index (χ4n) is 2.54. The Morgan fingerprint density at radius 1 is 1.38 bits per heavy atom. The van der Waals surface area contributed by atoms with E-state index in [1.807, 2.05) is 0 Å². The molecule has 0 aliphatic carbocycles. The highest BCUT2D eigenvalue weighted by Gasteiger charge is 2.31. The summed E-state index contributed by atoms with van der Waals surface area (Å²) in [6.45, 7) is 0.586. The molecular weight excluding hydrogens is 276 g/mol. The molecule has 1 atom stereocenters. The maximum Gasteiger partial charge on any atom is 0.308 e. The first kappa shape index (κ1) is 13.4. The van der Waals surface area contributed by atoms with Gasteiger partial charge < -0.3 is 20.1 Å². The lowest BCUT2D eigenvalue weighted by atomic mass is 10.1. The molecule has 7 nitrogen and oxygen atoms in total. The van der Waals surface area contributed by atoms with Gasteiger partial charge in [-0.2, -0.15) is 0 Å². The molecule has 110 valence electrons. The Kier molecular flexibility index (Phi) is 3.25. The Labute approximate surface area is 120 Å². The van der Waals surface area contributed by atoms with E-state index in [2.05, 4.69) is 5.32 Å². The summed E-state index contributed by atoms with van der Waals surface area (Å²) in [4.78, 5) is 36.0. The highest BCUT2D eigenvalue weighted by Crippen LogP contribution is 2.29. The maximum atomic E-state index is 12.4. The van der Waals surface area contributed by atoms with E-state index in [1.54, 1.807) is 18.2 Å². The third kappa shape index (κ3) is 2.54. The third-order valence-electron chi connectivity index (χ3n) is 3.69. The molecule has 1 aromatic carbocycles. The number of nitrogens with one attached hydrogen (secondary N) is 1. The van der Waals surface area contributed by atoms with E-state index >= 15 is 0 Å². The van der Waals surface area contributed by atoms with Crippen molar-refractivity contribution in [3.8, 4) is 5.75 Å². The Morgan fingerprint density at radius 3 is 2.90 bits per heavy atom. The highest BCUT2D eigenvalue weighted by molar-refractivity contribution is 5.99. The van der Waals surface area contributed by atoms with Crippen molar-refractivity contribution in [1.82, 2.24) is 4.90 Å². The van der Waals surface area contributed by atoms with Crippen LogP contribution in [-0.4, -0.2) is 47.5 Å². The van der Waals surface area contributed by atoms with Crippen LogP contribution in [0.3, 0.4) is 0 Å². The maximum absolute atomic E-state index is 12.4. The summed E-state index contributed by atoms with van der Waals surface area (Å²) in [5, 5.41) is 11.6. The van der Waals surface area contributed by atoms with Crippen LogP contribution in [0.1, 0.15) is 16.8 Å². The Bertz CT molecular complexity index is 628. The van der Waals surface area contributed by atoms with Crippen molar-refractivity contribution < 1.29 is 24.2 Å². The van der Waals surface area contributed by atoms with Gasteiger partial charge in [-0.05, 0) is 24.6 Å². The van der Waals surface area contributed by atoms with Crippen molar-refractivity contribution in [1.29, 1.82) is 0 Å². The van der Waals surface area contributed by atoms with E-state index in [0.29, 0.717) is 30.0 Å². The molecule has 1 saturated heterocycles. The van der Waals surface area contributed by atoms with E-state index in [4.69, 9.17) is 9.84 Å². The van der Waals surface area contributed by atoms with E-state index in [9.17, 15) is 14.4 Å². The topological polar surface area (TPSA) is 95.9 Å². The van der Waals surface area contributed by atoms with Crippen LogP contribution in [0.4, 0.5) is 5.69 Å². The number of carbonyl (C=O) groups excluding carboxylic acids is 2. The van der Waals surface area contributed by atoms with Gasteiger partial charge in [0.25, 0.3) is 11.8 Å². The summed E-state index contributed by atoms with van der Waals surface area (Å²) in [5.74, 6) is -1.37. The van der Waals surface area contributed by atoms with Gasteiger partial charge in [0.2, 0.25) is 0 Å². The number of benzene rings is 1. The zero-order valence-electron chi connectivity index (χ0n) is 11.2. The fraction of sp³-hybridized carbons (Fsp3) is 0.357. The number of carbonyl (C=O) groups is 3. The van der Waals surface area contributed by atoms with Gasteiger partial charge in [0.1, 0.15) is 5.75 Å². The van der Waals surface area contributed by atoms with Crippen molar-refractivity contribution >= 4 is 23.5 Å². The van der Waals surface area contributed by atoms with Gasteiger partial charge in [0, 0.05) is 18.7 Å². The van der Waals surface area contributed by atoms with Crippen molar-refractivity contribution in [3.05, 3.63) is 23.8 Å². The Balaban J connectivity index is 1.77. The molecule has 1 aromatic rings. The van der Waals surface area contributed by atoms with Gasteiger partial charge in [0.15, 0.2) is 6.61 Å². The summed E-state index contributed by atoms with van der Waals surface area (Å²) >= 11 is 0. The number of nitrogens with zero attached hydrogens (tertiary/aromatic N) is 1. The van der Waals surface area contributed by atoms with E-state index in [-0.39, 0.29) is 25.0 Å². The van der Waals surface area contributed by atoms with Crippen LogP contribution >= 0.6 is 0 Å². The number of hydrogen-bond acceptors (Lipinski definition) is 4. The smallest absolute Gasteiger partial charge is 0.308 e. The summed E-state index contributed by atoms with van der Waals surface area (Å²) in [6.07, 6.45) is 0.471. The summed E-state index contributed by atoms with van der Waals surface area (Å²) < 4.78 is 5.27. The highest BCUT2D eigenvalue weighted by atomic mass is 16.5. The largest absolute Gasteiger partial charge is 0.482 e. The molecule has 1 fully saturated rings. The third-order valence-corrected chi connectivity index (χ3v) is 3.69. The molecule has 2 amide bonds. The monoisotopic (exact) mass is 290 g/mol. The van der Waals surface area contributed by atoms with Crippen LogP contribution in [0.2, 0.25) is 0 Å². The SMILES string of the molecule is O=C1COc2cc(C(=O)N3CCC(C(=O)O)C3)ccc2N1. The Morgan fingerprint density at radius 2 is 2.19 bits per heavy atom. The number of fused-ring (bicyclic) bond motifs is 1. The zero-order chi connectivity index (χ0) is 15.0. The first-order valence-corrected chi connectivity index (χ1v) is 6.63. The van der Waals surface area contributed by atoms with Crippen LogP contribution in [0.5, 0.6) is 5.75 Å². The number of carboxylic acid groups (broad SMARTS) is 1. The second-order valence-electron chi connectivity index (χ2n) is 5.12. The molecule has 2 heterocycles. The number of amides is 2. The lowest BCUT2D eigenvalue weighted by Gasteiger charge is -2.20. The number of ether oxygens (including phenoxy) is 1. The Hall–Kier alpha value is -2.57. The minimum Gasteiger partial charge on any atom is -0.482 e. The second-order valence-corrected chi connectivity index (χ2v) is 5.12. The first-order valence-electron chi connectivity index (χ1n) is 6.63. The number of rotatable bonds is 2. The molecule has 3 rings (SSSR count). The molecule has 2 N–H and O–H groups in total. The van der Waals surface area contributed by atoms with Gasteiger partial charge in [0.05, 0.1) is 11.6 Å². The van der Waals surface area contributed by atoms with Gasteiger partial charge in [-0.15, -0.1) is 0 Å². The predicted molar refractivity (Wildman–Crippen MR) is 72.2 cm³/mol. The van der Waals surface area contributed by atoms with Crippen molar-refractivity contribution in [2.45, 2.75) is 6.42 Å². The fourth-order valence-corrected chi connectivity index (χ4v) is 2.54. The molecule has 0 radical (unpaired) electrons. The molecule has 2 aliphatic heterocycles. The lowest BCUT2D eigenvalue weighted by molar-refractivity contribution is -0.141. The molecule has 1 unspecified atom stereocenters. The van der Waals surface area contributed by atoms with Gasteiger partial charge in [-0.25, -0.2) is 0 Å². The quantitative estimate of drug-likeness (QED) is 0.830. The predicted octanol–water partition coefficient (Wildman–Crippen LogP) is 0.564. The van der Waals surface area contributed by atoms with Gasteiger partial charge >= 0.3 is 5.97 Å². The van der Waals surface area contributed by atoms with E-state index in [1.165, 1.54) is 4.90 Å². The van der Waals surface area contributed by atoms with Crippen LogP contribution in [0.15, 0.2) is 18.2 Å².